The first-order valence-corrected chi connectivity index (χ1v) is 5.78. The average Bonchev–Trinajstić information content (AvgIpc) is 2.20. The Labute approximate surface area is 96.3 Å². The summed E-state index contributed by atoms with van der Waals surface area (Å²) in [5.41, 5.74) is 0.753. The molecule has 3 heteroatoms. The molecule has 0 saturated carbocycles. The Morgan fingerprint density at radius 2 is 1.73 bits per heavy atom. The van der Waals surface area contributed by atoms with Crippen molar-refractivity contribution in [3.8, 4) is 0 Å². The summed E-state index contributed by atoms with van der Waals surface area (Å²) in [6.45, 7) is 3.78. The summed E-state index contributed by atoms with van der Waals surface area (Å²) in [6.07, 6.45) is 1.69. The van der Waals surface area contributed by atoms with Crippen molar-refractivity contribution in [2.24, 2.45) is 0 Å². The van der Waals surface area contributed by atoms with Gasteiger partial charge in [0.05, 0.1) is 5.60 Å². The molecule has 0 unspecified atom stereocenters. The van der Waals surface area contributed by atoms with Gasteiger partial charge in [-0.25, -0.2) is 0 Å². The molecule has 0 bridgehead atoms. The lowest BCUT2D eigenvalue weighted by Gasteiger charge is -2.37. The van der Waals surface area contributed by atoms with Gasteiger partial charge in [-0.1, -0.05) is 0 Å². The zero-order chi connectivity index (χ0) is 10.9. The van der Waals surface area contributed by atoms with Crippen molar-refractivity contribution in [2.75, 3.05) is 18.0 Å². The van der Waals surface area contributed by atoms with Crippen LogP contribution >= 0.6 is 12.6 Å². The standard InChI is InChI=1S/C12H17NOS/c1-12(14)6-8-13(9-7-12)10-2-4-11(15)5-3-10/h2-5,14-15H,6-9H2,1H3. The monoisotopic (exact) mass is 223 g/mol. The van der Waals surface area contributed by atoms with Gasteiger partial charge in [0.2, 0.25) is 0 Å². The molecule has 1 saturated heterocycles. The first kappa shape index (κ1) is 10.8. The van der Waals surface area contributed by atoms with Gasteiger partial charge in [-0.15, -0.1) is 12.6 Å². The molecule has 0 radical (unpaired) electrons. The SMILES string of the molecule is CC1(O)CCN(c2ccc(S)cc2)CC1. The first-order chi connectivity index (χ1) is 7.07. The summed E-state index contributed by atoms with van der Waals surface area (Å²) in [4.78, 5) is 3.30. The van der Waals surface area contributed by atoms with Crippen LogP contribution < -0.4 is 4.90 Å². The third kappa shape index (κ3) is 2.67. The van der Waals surface area contributed by atoms with E-state index in [1.807, 2.05) is 19.1 Å². The Morgan fingerprint density at radius 3 is 2.27 bits per heavy atom. The van der Waals surface area contributed by atoms with Gasteiger partial charge in [0.1, 0.15) is 0 Å². The zero-order valence-electron chi connectivity index (χ0n) is 8.98. The molecule has 1 heterocycles. The number of aliphatic hydroxyl groups is 1. The van der Waals surface area contributed by atoms with Crippen molar-refractivity contribution in [3.05, 3.63) is 24.3 Å². The topological polar surface area (TPSA) is 23.5 Å². The number of rotatable bonds is 1. The Hall–Kier alpha value is -0.670. The fourth-order valence-electron chi connectivity index (χ4n) is 1.91. The quantitative estimate of drug-likeness (QED) is 0.714. The highest BCUT2D eigenvalue weighted by Gasteiger charge is 2.27. The van der Waals surface area contributed by atoms with Crippen molar-refractivity contribution in [3.63, 3.8) is 0 Å². The van der Waals surface area contributed by atoms with E-state index in [1.165, 1.54) is 5.69 Å². The predicted octanol–water partition coefficient (Wildman–Crippen LogP) is 2.33. The largest absolute Gasteiger partial charge is 0.390 e. The molecule has 0 aliphatic carbocycles. The van der Waals surface area contributed by atoms with Gasteiger partial charge < -0.3 is 10.0 Å². The second kappa shape index (κ2) is 4.06. The summed E-state index contributed by atoms with van der Waals surface area (Å²) in [7, 11) is 0. The number of benzene rings is 1. The van der Waals surface area contributed by atoms with Crippen molar-refractivity contribution in [1.29, 1.82) is 0 Å². The molecule has 0 amide bonds. The summed E-state index contributed by atoms with van der Waals surface area (Å²) < 4.78 is 0. The molecule has 0 aromatic heterocycles. The molecule has 1 N–H and O–H groups in total. The van der Waals surface area contributed by atoms with Gasteiger partial charge in [-0.2, -0.15) is 0 Å². The number of piperidine rings is 1. The molecular weight excluding hydrogens is 206 g/mol. The van der Waals surface area contributed by atoms with Crippen LogP contribution in [0.3, 0.4) is 0 Å². The number of hydrogen-bond acceptors (Lipinski definition) is 3. The molecule has 2 nitrogen and oxygen atoms in total. The normalized spacial score (nSPS) is 20.3. The van der Waals surface area contributed by atoms with Crippen LogP contribution in [0.5, 0.6) is 0 Å². The van der Waals surface area contributed by atoms with Crippen molar-refractivity contribution in [1.82, 2.24) is 0 Å². The molecule has 1 aliphatic heterocycles. The van der Waals surface area contributed by atoms with Crippen LogP contribution in [0.15, 0.2) is 29.2 Å². The Bertz CT molecular complexity index is 324. The van der Waals surface area contributed by atoms with Crippen LogP contribution in [0.2, 0.25) is 0 Å². The lowest BCUT2D eigenvalue weighted by molar-refractivity contribution is 0.0351. The maximum Gasteiger partial charge on any atom is 0.0653 e. The van der Waals surface area contributed by atoms with E-state index in [9.17, 15) is 5.11 Å². The van der Waals surface area contributed by atoms with Gasteiger partial charge in [0.25, 0.3) is 0 Å². The fourth-order valence-corrected chi connectivity index (χ4v) is 2.06. The summed E-state index contributed by atoms with van der Waals surface area (Å²) in [5, 5.41) is 9.84. The highest BCUT2D eigenvalue weighted by Crippen LogP contribution is 2.26. The maximum atomic E-state index is 9.84. The highest BCUT2D eigenvalue weighted by molar-refractivity contribution is 7.80. The van der Waals surface area contributed by atoms with Crippen molar-refractivity contribution < 1.29 is 5.11 Å². The molecule has 2 rings (SSSR count). The predicted molar refractivity (Wildman–Crippen MR) is 65.8 cm³/mol. The minimum Gasteiger partial charge on any atom is -0.390 e. The van der Waals surface area contributed by atoms with Crippen molar-refractivity contribution in [2.45, 2.75) is 30.3 Å². The second-order valence-corrected chi connectivity index (χ2v) is 5.02. The minimum absolute atomic E-state index is 0.472. The molecule has 0 atom stereocenters. The van der Waals surface area contributed by atoms with Gasteiger partial charge in [-0.05, 0) is 44.0 Å². The molecule has 1 aromatic rings. The fraction of sp³-hybridized carbons (Fsp3) is 0.500. The average molecular weight is 223 g/mol. The number of nitrogens with zero attached hydrogens (tertiary/aromatic N) is 1. The number of thiol groups is 1. The minimum atomic E-state index is -0.472. The van der Waals surface area contributed by atoms with E-state index >= 15 is 0 Å². The lowest BCUT2D eigenvalue weighted by Crippen LogP contribution is -2.42. The smallest absolute Gasteiger partial charge is 0.0653 e. The Morgan fingerprint density at radius 1 is 1.20 bits per heavy atom. The third-order valence-corrected chi connectivity index (χ3v) is 3.35. The molecule has 0 spiro atoms. The van der Waals surface area contributed by atoms with Gasteiger partial charge >= 0.3 is 0 Å². The molecule has 15 heavy (non-hydrogen) atoms. The molecule has 1 fully saturated rings. The first-order valence-electron chi connectivity index (χ1n) is 5.33. The van der Waals surface area contributed by atoms with Crippen molar-refractivity contribution >= 4 is 18.3 Å². The van der Waals surface area contributed by atoms with E-state index < -0.39 is 5.60 Å². The lowest BCUT2D eigenvalue weighted by atomic mass is 9.93. The van der Waals surface area contributed by atoms with Crippen LogP contribution in [0, 0.1) is 0 Å². The van der Waals surface area contributed by atoms with Gasteiger partial charge in [0.15, 0.2) is 0 Å². The highest BCUT2D eigenvalue weighted by atomic mass is 32.1. The molecule has 1 aromatic carbocycles. The molecule has 82 valence electrons. The number of anilines is 1. The second-order valence-electron chi connectivity index (χ2n) is 4.50. The molecule has 1 aliphatic rings. The molecular formula is C12H17NOS. The van der Waals surface area contributed by atoms with Crippen LogP contribution in [0.25, 0.3) is 0 Å². The maximum absolute atomic E-state index is 9.84. The van der Waals surface area contributed by atoms with Gasteiger partial charge in [0, 0.05) is 23.7 Å². The third-order valence-electron chi connectivity index (χ3n) is 3.06. The van der Waals surface area contributed by atoms with E-state index in [0.29, 0.717) is 0 Å². The van der Waals surface area contributed by atoms with E-state index in [-0.39, 0.29) is 0 Å². The van der Waals surface area contributed by atoms with E-state index in [0.717, 1.165) is 30.8 Å². The van der Waals surface area contributed by atoms with Crippen LogP contribution in [-0.2, 0) is 0 Å². The van der Waals surface area contributed by atoms with E-state index in [4.69, 9.17) is 0 Å². The Kier molecular flexibility index (Phi) is 2.94. The summed E-state index contributed by atoms with van der Waals surface area (Å²) in [5.74, 6) is 0. The van der Waals surface area contributed by atoms with Crippen LogP contribution in [0.4, 0.5) is 5.69 Å². The summed E-state index contributed by atoms with van der Waals surface area (Å²) in [6, 6.07) is 8.18. The van der Waals surface area contributed by atoms with E-state index in [1.54, 1.807) is 0 Å². The van der Waals surface area contributed by atoms with E-state index in [2.05, 4.69) is 29.7 Å². The summed E-state index contributed by atoms with van der Waals surface area (Å²) >= 11 is 4.26. The zero-order valence-corrected chi connectivity index (χ0v) is 9.87. The Balaban J connectivity index is 2.04. The number of hydrogen-bond donors (Lipinski definition) is 2. The van der Waals surface area contributed by atoms with Crippen LogP contribution in [-0.4, -0.2) is 23.8 Å². The van der Waals surface area contributed by atoms with Crippen LogP contribution in [0.1, 0.15) is 19.8 Å². The van der Waals surface area contributed by atoms with Gasteiger partial charge in [-0.3, -0.25) is 0 Å².